The summed E-state index contributed by atoms with van der Waals surface area (Å²) in [6, 6.07) is 20.2. The van der Waals surface area contributed by atoms with Gasteiger partial charge in [-0.25, -0.2) is 0 Å². The van der Waals surface area contributed by atoms with Crippen molar-refractivity contribution in [2.24, 2.45) is 0 Å². The Morgan fingerprint density at radius 2 is 1.12 bits per heavy atom. The van der Waals surface area contributed by atoms with Crippen LogP contribution >= 0.6 is 47.8 Å². The van der Waals surface area contributed by atoms with Gasteiger partial charge in [-0.05, 0) is 41.0 Å². The lowest BCUT2D eigenvalue weighted by Crippen LogP contribution is -2.12. The molecule has 1 atom stereocenters. The van der Waals surface area contributed by atoms with Crippen molar-refractivity contribution in [2.45, 2.75) is 5.92 Å². The van der Waals surface area contributed by atoms with Crippen LogP contribution in [-0.4, -0.2) is 15.7 Å². The van der Waals surface area contributed by atoms with Crippen LogP contribution in [0.3, 0.4) is 0 Å². The summed E-state index contributed by atoms with van der Waals surface area (Å²) in [4.78, 5) is 0. The number of benzene rings is 3. The van der Waals surface area contributed by atoms with Gasteiger partial charge < -0.3 is 0 Å². The molecule has 0 N–H and O–H groups in total. The minimum atomic E-state index is 0.0297. The van der Waals surface area contributed by atoms with Crippen LogP contribution in [0, 0.1) is 0 Å². The zero-order valence-corrected chi connectivity index (χ0v) is 17.4. The molecule has 1 unspecified atom stereocenters. The maximum absolute atomic E-state index is 6.07. The topological polar surface area (TPSA) is 0 Å². The van der Waals surface area contributed by atoms with Gasteiger partial charge in [-0.3, -0.25) is 0 Å². The van der Waals surface area contributed by atoms with E-state index in [4.69, 9.17) is 15.7 Å². The fraction of sp³-hybridized carbons (Fsp3) is 0.0526. The number of halogens is 3. The third kappa shape index (κ3) is 4.25. The summed E-state index contributed by atoms with van der Waals surface area (Å²) in [5, 5.41) is 0. The summed E-state index contributed by atoms with van der Waals surface area (Å²) in [7, 11) is 12.1. The Kier molecular flexibility index (Phi) is 5.74. The minimum absolute atomic E-state index is 0.0297. The zero-order valence-electron chi connectivity index (χ0n) is 12.6. The largest absolute Gasteiger partial charge is 0.113 e. The molecule has 24 heavy (non-hydrogen) atoms. The molecule has 0 nitrogen and oxygen atoms in total. The van der Waals surface area contributed by atoms with E-state index in [1.807, 2.05) is 36.4 Å². The molecule has 0 heterocycles. The van der Waals surface area contributed by atoms with Crippen LogP contribution in [0.2, 0.25) is 0 Å². The first-order chi connectivity index (χ1) is 11.4. The van der Waals surface area contributed by atoms with Crippen LogP contribution in [0.4, 0.5) is 0 Å². The molecule has 5 heteroatoms. The molecule has 3 aromatic carbocycles. The molecule has 0 aliphatic rings. The van der Waals surface area contributed by atoms with Crippen LogP contribution in [0.15, 0.2) is 74.1 Å². The third-order valence-corrected chi connectivity index (χ3v) is 5.11. The van der Waals surface area contributed by atoms with Gasteiger partial charge >= 0.3 is 0 Å². The molecule has 0 bridgehead atoms. The summed E-state index contributed by atoms with van der Waals surface area (Å²) in [6.07, 6.45) is 0. The van der Waals surface area contributed by atoms with Crippen LogP contribution in [0.25, 0.3) is 0 Å². The van der Waals surface area contributed by atoms with E-state index in [0.29, 0.717) is 0 Å². The Labute approximate surface area is 170 Å². The highest BCUT2D eigenvalue weighted by Crippen LogP contribution is 2.35. The quantitative estimate of drug-likeness (QED) is 0.360. The maximum Gasteiger partial charge on any atom is 0.113 e. The van der Waals surface area contributed by atoms with Crippen LogP contribution in [0.1, 0.15) is 22.6 Å². The number of hydrogen-bond donors (Lipinski definition) is 0. The lowest BCUT2D eigenvalue weighted by Gasteiger charge is -2.21. The van der Waals surface area contributed by atoms with Crippen molar-refractivity contribution in [1.29, 1.82) is 0 Å². The fourth-order valence-electron chi connectivity index (χ4n) is 2.86. The van der Waals surface area contributed by atoms with Gasteiger partial charge in [0, 0.05) is 19.3 Å². The van der Waals surface area contributed by atoms with E-state index in [1.54, 1.807) is 0 Å². The van der Waals surface area contributed by atoms with Crippen molar-refractivity contribution < 1.29 is 0 Å². The minimum Gasteiger partial charge on any atom is -0.0964 e. The predicted octanol–water partition coefficient (Wildman–Crippen LogP) is 4.74. The monoisotopic (exact) mass is 498 g/mol. The highest BCUT2D eigenvalue weighted by atomic mass is 79.9. The van der Waals surface area contributed by atoms with E-state index in [1.165, 1.54) is 0 Å². The molecular weight excluding hydrogens is 490 g/mol. The van der Waals surface area contributed by atoms with E-state index in [-0.39, 0.29) is 5.92 Å². The second-order valence-corrected chi connectivity index (χ2v) is 8.37. The van der Waals surface area contributed by atoms with E-state index >= 15 is 0 Å². The molecule has 0 aliphatic heterocycles. The zero-order chi connectivity index (χ0) is 17.3. The van der Waals surface area contributed by atoms with E-state index in [2.05, 4.69) is 72.1 Å². The summed E-state index contributed by atoms with van der Waals surface area (Å²) >= 11 is 10.7. The molecule has 3 aromatic rings. The third-order valence-electron chi connectivity index (χ3n) is 3.74. The molecule has 0 aromatic heterocycles. The summed E-state index contributed by atoms with van der Waals surface area (Å²) in [6.45, 7) is 0. The van der Waals surface area contributed by atoms with Gasteiger partial charge in [0.2, 0.25) is 0 Å². The summed E-state index contributed by atoms with van der Waals surface area (Å²) in [5.74, 6) is 0.0297. The van der Waals surface area contributed by atoms with Gasteiger partial charge in [-0.2, -0.15) is 0 Å². The molecule has 0 spiro atoms. The van der Waals surface area contributed by atoms with Gasteiger partial charge in [0.25, 0.3) is 0 Å². The van der Waals surface area contributed by atoms with Crippen molar-refractivity contribution in [2.75, 3.05) is 0 Å². The van der Waals surface area contributed by atoms with Gasteiger partial charge in [-0.1, -0.05) is 95.1 Å². The molecule has 114 valence electrons. The second kappa shape index (κ2) is 7.63. The Bertz CT molecular complexity index is 802. The average molecular weight is 501 g/mol. The van der Waals surface area contributed by atoms with Crippen molar-refractivity contribution in [3.8, 4) is 0 Å². The number of rotatable bonds is 3. The number of hydrogen-bond acceptors (Lipinski definition) is 0. The molecule has 0 amide bonds. The molecule has 4 radical (unpaired) electrons. The van der Waals surface area contributed by atoms with Gasteiger partial charge in [0.1, 0.15) is 15.7 Å². The van der Waals surface area contributed by atoms with Crippen molar-refractivity contribution >= 4 is 74.4 Å². The average Bonchev–Trinajstić information content (AvgIpc) is 2.45. The predicted molar refractivity (Wildman–Crippen MR) is 114 cm³/mol. The maximum atomic E-state index is 6.07. The molecule has 0 saturated heterocycles. The smallest absolute Gasteiger partial charge is 0.0964 e. The first kappa shape index (κ1) is 18.0. The summed E-state index contributed by atoms with van der Waals surface area (Å²) < 4.78 is 2.99. The molecule has 3 rings (SSSR count). The van der Waals surface area contributed by atoms with Gasteiger partial charge in [0.15, 0.2) is 0 Å². The molecule has 0 saturated carbocycles. The van der Waals surface area contributed by atoms with Gasteiger partial charge in [0.05, 0.1) is 0 Å². The van der Waals surface area contributed by atoms with Crippen LogP contribution in [-0.2, 0) is 0 Å². The summed E-state index contributed by atoms with van der Waals surface area (Å²) in [5.41, 5.74) is 4.85. The fourth-order valence-corrected chi connectivity index (χ4v) is 4.72. The normalized spacial score (nSPS) is 12.1. The SMILES string of the molecule is [B]c1cccc(C(c2cc([B])cc(Br)c2)c2cc(Br)cc(Br)c2)c1. The lowest BCUT2D eigenvalue weighted by atomic mass is 9.81. The van der Waals surface area contributed by atoms with E-state index < -0.39 is 0 Å². The second-order valence-electron chi connectivity index (χ2n) is 5.62. The molecule has 0 aliphatic carbocycles. The molecule has 0 fully saturated rings. The first-order valence-electron chi connectivity index (χ1n) is 7.30. The highest BCUT2D eigenvalue weighted by molar-refractivity contribution is 9.11. The van der Waals surface area contributed by atoms with Gasteiger partial charge in [-0.15, -0.1) is 0 Å². The Balaban J connectivity index is 2.24. The molecular formula is C19H11B2Br3. The van der Waals surface area contributed by atoms with E-state index in [9.17, 15) is 0 Å². The van der Waals surface area contributed by atoms with Crippen LogP contribution < -0.4 is 10.9 Å². The van der Waals surface area contributed by atoms with Crippen molar-refractivity contribution in [1.82, 2.24) is 0 Å². The van der Waals surface area contributed by atoms with Crippen molar-refractivity contribution in [3.63, 3.8) is 0 Å². The first-order valence-corrected chi connectivity index (χ1v) is 9.67. The Hall–Kier alpha value is -0.770. The highest BCUT2D eigenvalue weighted by Gasteiger charge is 2.18. The van der Waals surface area contributed by atoms with Crippen molar-refractivity contribution in [3.05, 3.63) is 90.8 Å². The Morgan fingerprint density at radius 1 is 0.583 bits per heavy atom. The Morgan fingerprint density at radius 3 is 1.71 bits per heavy atom. The lowest BCUT2D eigenvalue weighted by molar-refractivity contribution is 0.976. The standard InChI is InChI=1S/C19H11B2Br3/c20-14-3-1-2-11(4-14)19(12-5-15(21)9-16(22)6-12)13-7-17(23)10-18(24)8-13/h1-10,19H. The van der Waals surface area contributed by atoms with E-state index in [0.717, 1.165) is 41.0 Å². The van der Waals surface area contributed by atoms with Crippen LogP contribution in [0.5, 0.6) is 0 Å².